The van der Waals surface area contributed by atoms with E-state index in [4.69, 9.17) is 26.5 Å². The lowest BCUT2D eigenvalue weighted by Crippen LogP contribution is -2.03. The number of carbonyl (C=O) groups is 1. The zero-order chi connectivity index (χ0) is 14.8. The summed E-state index contributed by atoms with van der Waals surface area (Å²) in [5, 5.41) is 1.37. The van der Waals surface area contributed by atoms with Crippen molar-refractivity contribution in [3.8, 4) is 0 Å². The number of fused-ring (bicyclic) bond motifs is 1. The van der Waals surface area contributed by atoms with Gasteiger partial charge in [0.1, 0.15) is 12.2 Å². The van der Waals surface area contributed by atoms with Gasteiger partial charge in [-0.1, -0.05) is 23.7 Å². The lowest BCUT2D eigenvalue weighted by atomic mass is 10.2. The zero-order valence-electron chi connectivity index (χ0n) is 11.0. The van der Waals surface area contributed by atoms with Crippen molar-refractivity contribution in [1.29, 1.82) is 0 Å². The number of benzene rings is 2. The van der Waals surface area contributed by atoms with Gasteiger partial charge in [-0.3, -0.25) is 0 Å². The number of carbonyl (C=O) groups excluding carboxylic acids is 1. The molecule has 106 valence electrons. The monoisotopic (exact) mass is 301 g/mol. The van der Waals surface area contributed by atoms with Crippen LogP contribution in [0.5, 0.6) is 0 Å². The first-order valence-corrected chi connectivity index (χ1v) is 6.70. The molecule has 3 rings (SSSR count). The first kappa shape index (κ1) is 13.5. The van der Waals surface area contributed by atoms with Crippen LogP contribution in [-0.4, -0.2) is 5.97 Å². The molecular formula is C16H12ClNO3. The average molecular weight is 302 g/mol. The molecule has 4 nitrogen and oxygen atoms in total. The lowest BCUT2D eigenvalue weighted by molar-refractivity contribution is 0.0439. The summed E-state index contributed by atoms with van der Waals surface area (Å²) in [6, 6.07) is 13.9. The van der Waals surface area contributed by atoms with Crippen LogP contribution in [0, 0.1) is 0 Å². The molecular weight excluding hydrogens is 290 g/mol. The second kappa shape index (κ2) is 5.50. The number of rotatable bonds is 3. The van der Waals surface area contributed by atoms with Gasteiger partial charge in [-0.25, -0.2) is 4.79 Å². The number of ether oxygens (including phenoxy) is 1. The summed E-state index contributed by atoms with van der Waals surface area (Å²) in [6.45, 7) is 0.137. The van der Waals surface area contributed by atoms with Gasteiger partial charge in [-0.15, -0.1) is 0 Å². The standard InChI is InChI=1S/C16H12ClNO3/c17-12-3-1-2-10(6-12)9-20-16(19)15-8-11-7-13(18)4-5-14(11)21-15/h1-8H,9,18H2. The van der Waals surface area contributed by atoms with Gasteiger partial charge in [0.15, 0.2) is 0 Å². The number of nitrogens with two attached hydrogens (primary N) is 1. The highest BCUT2D eigenvalue weighted by molar-refractivity contribution is 6.30. The largest absolute Gasteiger partial charge is 0.455 e. The van der Waals surface area contributed by atoms with Gasteiger partial charge >= 0.3 is 5.97 Å². The molecule has 0 saturated carbocycles. The van der Waals surface area contributed by atoms with Crippen LogP contribution in [0.3, 0.4) is 0 Å². The molecule has 0 amide bonds. The second-order valence-corrected chi connectivity index (χ2v) is 5.05. The molecule has 5 heteroatoms. The molecule has 2 aromatic carbocycles. The van der Waals surface area contributed by atoms with Crippen molar-refractivity contribution in [3.63, 3.8) is 0 Å². The van der Waals surface area contributed by atoms with E-state index >= 15 is 0 Å². The molecule has 1 aromatic heterocycles. The molecule has 1 heterocycles. The Hall–Kier alpha value is -2.46. The number of hydrogen-bond acceptors (Lipinski definition) is 4. The number of nitrogen functional groups attached to an aromatic ring is 1. The minimum Gasteiger partial charge on any atom is -0.455 e. The van der Waals surface area contributed by atoms with E-state index in [-0.39, 0.29) is 12.4 Å². The summed E-state index contributed by atoms with van der Waals surface area (Å²) in [5.74, 6) is -0.373. The Kier molecular flexibility index (Phi) is 3.54. The number of esters is 1. The van der Waals surface area contributed by atoms with Gasteiger partial charge in [0.25, 0.3) is 0 Å². The van der Waals surface area contributed by atoms with Crippen LogP contribution in [0.2, 0.25) is 5.02 Å². The van der Waals surface area contributed by atoms with Gasteiger partial charge < -0.3 is 14.9 Å². The first-order chi connectivity index (χ1) is 10.1. The van der Waals surface area contributed by atoms with Gasteiger partial charge in [0.05, 0.1) is 0 Å². The first-order valence-electron chi connectivity index (χ1n) is 6.32. The topological polar surface area (TPSA) is 65.5 Å². The van der Waals surface area contributed by atoms with Crippen molar-refractivity contribution < 1.29 is 13.9 Å². The highest BCUT2D eigenvalue weighted by Gasteiger charge is 2.14. The van der Waals surface area contributed by atoms with Crippen LogP contribution in [0.4, 0.5) is 5.69 Å². The van der Waals surface area contributed by atoms with E-state index in [2.05, 4.69) is 0 Å². The third-order valence-corrected chi connectivity index (χ3v) is 3.24. The van der Waals surface area contributed by atoms with Gasteiger partial charge in [-0.05, 0) is 42.0 Å². The molecule has 0 aliphatic carbocycles. The Bertz CT molecular complexity index is 810. The smallest absolute Gasteiger partial charge is 0.374 e. The molecule has 2 N–H and O–H groups in total. The molecule has 0 saturated heterocycles. The Morgan fingerprint density at radius 3 is 2.86 bits per heavy atom. The number of furan rings is 1. The summed E-state index contributed by atoms with van der Waals surface area (Å²) in [5.41, 5.74) is 7.71. The van der Waals surface area contributed by atoms with Gasteiger partial charge in [0, 0.05) is 16.1 Å². The van der Waals surface area contributed by atoms with Crippen molar-refractivity contribution >= 4 is 34.2 Å². The maximum atomic E-state index is 12.0. The van der Waals surface area contributed by atoms with E-state index in [1.807, 2.05) is 6.07 Å². The SMILES string of the molecule is Nc1ccc2oc(C(=O)OCc3cccc(Cl)c3)cc2c1. The van der Waals surface area contributed by atoms with Crippen LogP contribution in [0.15, 0.2) is 52.9 Å². The molecule has 0 spiro atoms. The molecule has 0 unspecified atom stereocenters. The summed E-state index contributed by atoms with van der Waals surface area (Å²) in [6.07, 6.45) is 0. The van der Waals surface area contributed by atoms with E-state index in [1.54, 1.807) is 42.5 Å². The third kappa shape index (κ3) is 3.01. The summed E-state index contributed by atoms with van der Waals surface area (Å²) < 4.78 is 10.6. The molecule has 21 heavy (non-hydrogen) atoms. The average Bonchev–Trinajstić information content (AvgIpc) is 2.88. The van der Waals surface area contributed by atoms with E-state index < -0.39 is 5.97 Å². The highest BCUT2D eigenvalue weighted by atomic mass is 35.5. The van der Waals surface area contributed by atoms with Gasteiger partial charge in [0.2, 0.25) is 5.76 Å². The normalized spacial score (nSPS) is 10.7. The number of halogens is 1. The number of anilines is 1. The fraction of sp³-hybridized carbons (Fsp3) is 0.0625. The zero-order valence-corrected chi connectivity index (χ0v) is 11.8. The summed E-state index contributed by atoms with van der Waals surface area (Å²) in [4.78, 5) is 12.0. The van der Waals surface area contributed by atoms with Crippen molar-refractivity contribution in [2.24, 2.45) is 0 Å². The summed E-state index contributed by atoms with van der Waals surface area (Å²) in [7, 11) is 0. The molecule has 0 fully saturated rings. The molecule has 0 bridgehead atoms. The van der Waals surface area contributed by atoms with Gasteiger partial charge in [-0.2, -0.15) is 0 Å². The fourth-order valence-electron chi connectivity index (χ4n) is 2.01. The Balaban J connectivity index is 1.74. The molecule has 0 atom stereocenters. The molecule has 3 aromatic rings. The Morgan fingerprint density at radius 2 is 2.05 bits per heavy atom. The predicted molar refractivity (Wildman–Crippen MR) is 81.2 cm³/mol. The van der Waals surface area contributed by atoms with Crippen LogP contribution >= 0.6 is 11.6 Å². The van der Waals surface area contributed by atoms with E-state index in [0.717, 1.165) is 10.9 Å². The van der Waals surface area contributed by atoms with Crippen molar-refractivity contribution in [3.05, 3.63) is 64.9 Å². The molecule has 0 radical (unpaired) electrons. The van der Waals surface area contributed by atoms with Crippen LogP contribution in [0.1, 0.15) is 16.1 Å². The minimum absolute atomic E-state index is 0.137. The predicted octanol–water partition coefficient (Wildman–Crippen LogP) is 4.03. The fourth-order valence-corrected chi connectivity index (χ4v) is 2.22. The maximum Gasteiger partial charge on any atom is 0.374 e. The van der Waals surface area contributed by atoms with Crippen molar-refractivity contribution in [1.82, 2.24) is 0 Å². The van der Waals surface area contributed by atoms with Crippen LogP contribution in [-0.2, 0) is 11.3 Å². The van der Waals surface area contributed by atoms with Crippen molar-refractivity contribution in [2.45, 2.75) is 6.61 Å². The lowest BCUT2D eigenvalue weighted by Gasteiger charge is -2.03. The van der Waals surface area contributed by atoms with E-state index in [0.29, 0.717) is 16.3 Å². The minimum atomic E-state index is -0.523. The summed E-state index contributed by atoms with van der Waals surface area (Å²) >= 11 is 5.87. The number of hydrogen-bond donors (Lipinski definition) is 1. The molecule has 0 aliphatic rings. The Morgan fingerprint density at radius 1 is 1.19 bits per heavy atom. The Labute approximate surface area is 126 Å². The van der Waals surface area contributed by atoms with Crippen LogP contribution < -0.4 is 5.73 Å². The second-order valence-electron chi connectivity index (χ2n) is 4.61. The van der Waals surface area contributed by atoms with E-state index in [1.165, 1.54) is 0 Å². The van der Waals surface area contributed by atoms with Crippen LogP contribution in [0.25, 0.3) is 11.0 Å². The molecule has 0 aliphatic heterocycles. The van der Waals surface area contributed by atoms with Crippen molar-refractivity contribution in [2.75, 3.05) is 5.73 Å². The highest BCUT2D eigenvalue weighted by Crippen LogP contribution is 2.22. The third-order valence-electron chi connectivity index (χ3n) is 3.00. The maximum absolute atomic E-state index is 12.0. The van der Waals surface area contributed by atoms with E-state index in [9.17, 15) is 4.79 Å². The quantitative estimate of drug-likeness (QED) is 0.586.